The van der Waals surface area contributed by atoms with Crippen molar-refractivity contribution in [1.82, 2.24) is 10.3 Å². The molecule has 5 nitrogen and oxygen atoms in total. The van der Waals surface area contributed by atoms with E-state index in [9.17, 15) is 9.59 Å². The minimum atomic E-state index is -0.297. The number of hydrogen-bond donors (Lipinski definition) is 2. The molecule has 0 aliphatic heterocycles. The molecule has 1 heterocycles. The van der Waals surface area contributed by atoms with Gasteiger partial charge < -0.3 is 10.6 Å². The summed E-state index contributed by atoms with van der Waals surface area (Å²) >= 11 is 5.83. The predicted octanol–water partition coefficient (Wildman–Crippen LogP) is 3.92. The Kier molecular flexibility index (Phi) is 5.61. The van der Waals surface area contributed by atoms with Crippen molar-refractivity contribution in [2.24, 2.45) is 0 Å². The van der Waals surface area contributed by atoms with Crippen LogP contribution in [0.2, 0.25) is 5.02 Å². The third kappa shape index (κ3) is 4.68. The second-order valence-electron chi connectivity index (χ2n) is 5.59. The van der Waals surface area contributed by atoms with Gasteiger partial charge in [-0.2, -0.15) is 0 Å². The quantitative estimate of drug-likeness (QED) is 0.720. The summed E-state index contributed by atoms with van der Waals surface area (Å²) in [5.41, 5.74) is 2.34. The molecule has 6 heteroatoms. The zero-order valence-electron chi connectivity index (χ0n) is 13.8. The molecule has 3 aromatic rings. The molecular weight excluding hydrogens is 350 g/mol. The average molecular weight is 366 g/mol. The van der Waals surface area contributed by atoms with Crippen LogP contribution in [0.1, 0.15) is 26.3 Å². The van der Waals surface area contributed by atoms with Gasteiger partial charge in [-0.1, -0.05) is 23.7 Å². The van der Waals surface area contributed by atoms with Gasteiger partial charge in [0.1, 0.15) is 0 Å². The van der Waals surface area contributed by atoms with E-state index in [1.165, 1.54) is 0 Å². The summed E-state index contributed by atoms with van der Waals surface area (Å²) in [6, 6.07) is 17.1. The lowest BCUT2D eigenvalue weighted by Gasteiger charge is -2.08. The second kappa shape index (κ2) is 8.27. The van der Waals surface area contributed by atoms with Gasteiger partial charge in [-0.3, -0.25) is 14.6 Å². The molecular formula is C20H16ClN3O2. The van der Waals surface area contributed by atoms with Gasteiger partial charge in [0.15, 0.2) is 0 Å². The van der Waals surface area contributed by atoms with Gasteiger partial charge in [0.2, 0.25) is 0 Å². The van der Waals surface area contributed by atoms with E-state index in [2.05, 4.69) is 15.6 Å². The number of carbonyl (C=O) groups is 2. The van der Waals surface area contributed by atoms with Crippen LogP contribution in [-0.4, -0.2) is 16.8 Å². The first-order valence-corrected chi connectivity index (χ1v) is 8.34. The molecule has 0 aliphatic rings. The highest BCUT2D eigenvalue weighted by Crippen LogP contribution is 2.15. The van der Waals surface area contributed by atoms with E-state index in [1.807, 2.05) is 12.1 Å². The van der Waals surface area contributed by atoms with E-state index < -0.39 is 0 Å². The lowest BCUT2D eigenvalue weighted by molar-refractivity contribution is 0.0951. The molecule has 0 unspecified atom stereocenters. The van der Waals surface area contributed by atoms with Crippen LogP contribution < -0.4 is 10.6 Å². The Balaban J connectivity index is 1.66. The number of rotatable bonds is 5. The molecule has 0 saturated heterocycles. The molecule has 0 radical (unpaired) electrons. The number of hydrogen-bond acceptors (Lipinski definition) is 3. The van der Waals surface area contributed by atoms with E-state index in [1.54, 1.807) is 60.9 Å². The lowest BCUT2D eigenvalue weighted by Crippen LogP contribution is -2.23. The highest BCUT2D eigenvalue weighted by atomic mass is 35.5. The van der Waals surface area contributed by atoms with Gasteiger partial charge in [0.05, 0.1) is 0 Å². The first-order valence-electron chi connectivity index (χ1n) is 7.96. The maximum atomic E-state index is 12.4. The molecule has 1 aromatic heterocycles. The van der Waals surface area contributed by atoms with Crippen LogP contribution in [0, 0.1) is 0 Å². The summed E-state index contributed by atoms with van der Waals surface area (Å²) in [6.07, 6.45) is 3.37. The molecule has 130 valence electrons. The van der Waals surface area contributed by atoms with E-state index >= 15 is 0 Å². The molecule has 2 aromatic carbocycles. The summed E-state index contributed by atoms with van der Waals surface area (Å²) in [5.74, 6) is -0.552. The number of nitrogens with zero attached hydrogens (tertiary/aromatic N) is 1. The first kappa shape index (κ1) is 17.6. The fourth-order valence-corrected chi connectivity index (χ4v) is 2.45. The number of nitrogens with one attached hydrogen (secondary N) is 2. The molecule has 0 bridgehead atoms. The molecule has 0 saturated carbocycles. The van der Waals surface area contributed by atoms with Crippen molar-refractivity contribution in [3.8, 4) is 0 Å². The predicted molar refractivity (Wildman–Crippen MR) is 101 cm³/mol. The van der Waals surface area contributed by atoms with E-state index in [-0.39, 0.29) is 11.8 Å². The van der Waals surface area contributed by atoms with Crippen molar-refractivity contribution in [3.63, 3.8) is 0 Å². The number of halogens is 1. The Bertz CT molecular complexity index is 912. The molecule has 2 amide bonds. The van der Waals surface area contributed by atoms with Crippen molar-refractivity contribution < 1.29 is 9.59 Å². The van der Waals surface area contributed by atoms with Crippen molar-refractivity contribution >= 4 is 29.1 Å². The van der Waals surface area contributed by atoms with Crippen LogP contribution in [0.15, 0.2) is 73.1 Å². The molecule has 2 N–H and O–H groups in total. The molecule has 3 rings (SSSR count). The summed E-state index contributed by atoms with van der Waals surface area (Å²) in [7, 11) is 0. The number of aromatic nitrogens is 1. The summed E-state index contributed by atoms with van der Waals surface area (Å²) in [5, 5.41) is 6.18. The maximum absolute atomic E-state index is 12.4. The van der Waals surface area contributed by atoms with Gasteiger partial charge in [0.25, 0.3) is 11.8 Å². The standard InChI is InChI=1S/C20H16ClN3O2/c21-17-6-8-18(9-7-17)24-20(26)16-5-1-4-15(11-16)19(25)23-13-14-3-2-10-22-12-14/h1-12H,13H2,(H,23,25)(H,24,26). The van der Waals surface area contributed by atoms with Crippen molar-refractivity contribution in [2.45, 2.75) is 6.54 Å². The fraction of sp³-hybridized carbons (Fsp3) is 0.0500. The van der Waals surface area contributed by atoms with E-state index in [0.29, 0.717) is 28.4 Å². The summed E-state index contributed by atoms with van der Waals surface area (Å²) in [6.45, 7) is 0.369. The maximum Gasteiger partial charge on any atom is 0.255 e. The van der Waals surface area contributed by atoms with Crippen LogP contribution in [0.3, 0.4) is 0 Å². The Morgan fingerprint density at radius 3 is 2.35 bits per heavy atom. The van der Waals surface area contributed by atoms with E-state index in [0.717, 1.165) is 5.56 Å². The van der Waals surface area contributed by atoms with Crippen molar-refractivity contribution in [3.05, 3.63) is 94.8 Å². The highest BCUT2D eigenvalue weighted by Gasteiger charge is 2.11. The topological polar surface area (TPSA) is 71.1 Å². The van der Waals surface area contributed by atoms with Gasteiger partial charge in [-0.05, 0) is 54.1 Å². The lowest BCUT2D eigenvalue weighted by atomic mass is 10.1. The molecule has 26 heavy (non-hydrogen) atoms. The minimum absolute atomic E-state index is 0.255. The highest BCUT2D eigenvalue weighted by molar-refractivity contribution is 6.30. The fourth-order valence-electron chi connectivity index (χ4n) is 2.33. The van der Waals surface area contributed by atoms with Crippen molar-refractivity contribution in [1.29, 1.82) is 0 Å². The summed E-state index contributed by atoms with van der Waals surface area (Å²) in [4.78, 5) is 28.7. The van der Waals surface area contributed by atoms with Crippen LogP contribution in [0.5, 0.6) is 0 Å². The molecule has 0 aliphatic carbocycles. The van der Waals surface area contributed by atoms with Crippen LogP contribution in [0.4, 0.5) is 5.69 Å². The average Bonchev–Trinajstić information content (AvgIpc) is 2.69. The van der Waals surface area contributed by atoms with Crippen LogP contribution in [-0.2, 0) is 6.54 Å². The minimum Gasteiger partial charge on any atom is -0.348 e. The largest absolute Gasteiger partial charge is 0.348 e. The van der Waals surface area contributed by atoms with Crippen LogP contribution in [0.25, 0.3) is 0 Å². The second-order valence-corrected chi connectivity index (χ2v) is 6.02. The Labute approximate surface area is 156 Å². The van der Waals surface area contributed by atoms with Crippen LogP contribution >= 0.6 is 11.6 Å². The SMILES string of the molecule is O=C(NCc1cccnc1)c1cccc(C(=O)Nc2ccc(Cl)cc2)c1. The normalized spacial score (nSPS) is 10.2. The Hall–Kier alpha value is -3.18. The number of carbonyl (C=O) groups excluding carboxylic acids is 2. The van der Waals surface area contributed by atoms with Gasteiger partial charge in [0, 0.05) is 40.8 Å². The molecule has 0 fully saturated rings. The summed E-state index contributed by atoms with van der Waals surface area (Å²) < 4.78 is 0. The number of pyridine rings is 1. The number of amides is 2. The van der Waals surface area contributed by atoms with Gasteiger partial charge in [-0.15, -0.1) is 0 Å². The zero-order valence-corrected chi connectivity index (χ0v) is 14.5. The Morgan fingerprint density at radius 2 is 1.65 bits per heavy atom. The monoisotopic (exact) mass is 365 g/mol. The zero-order chi connectivity index (χ0) is 18.4. The number of benzene rings is 2. The first-order chi connectivity index (χ1) is 12.6. The van der Waals surface area contributed by atoms with Crippen molar-refractivity contribution in [2.75, 3.05) is 5.32 Å². The third-order valence-electron chi connectivity index (χ3n) is 3.66. The smallest absolute Gasteiger partial charge is 0.255 e. The van der Waals surface area contributed by atoms with Gasteiger partial charge >= 0.3 is 0 Å². The van der Waals surface area contributed by atoms with Gasteiger partial charge in [-0.25, -0.2) is 0 Å². The Morgan fingerprint density at radius 1 is 0.923 bits per heavy atom. The molecule has 0 spiro atoms. The van der Waals surface area contributed by atoms with E-state index in [4.69, 9.17) is 11.6 Å². The third-order valence-corrected chi connectivity index (χ3v) is 3.92. The molecule has 0 atom stereocenters. The number of anilines is 1.